The first kappa shape index (κ1) is 17.9. The molecule has 1 amide bonds. The maximum atomic E-state index is 12.0. The second-order valence-corrected chi connectivity index (χ2v) is 7.86. The lowest BCUT2D eigenvalue weighted by Crippen LogP contribution is -2.33. The molecule has 0 radical (unpaired) electrons. The van der Waals surface area contributed by atoms with Crippen LogP contribution in [0.1, 0.15) is 46.2 Å². The number of hydrogen-bond acceptors (Lipinski definition) is 6. The Morgan fingerprint density at radius 1 is 1.37 bits per heavy atom. The summed E-state index contributed by atoms with van der Waals surface area (Å²) >= 11 is 1.36. The zero-order chi connectivity index (χ0) is 18.8. The molecule has 1 fully saturated rings. The van der Waals surface area contributed by atoms with Gasteiger partial charge in [-0.3, -0.25) is 14.7 Å². The van der Waals surface area contributed by atoms with Crippen molar-refractivity contribution < 1.29 is 4.79 Å². The van der Waals surface area contributed by atoms with Gasteiger partial charge < -0.3 is 11.1 Å². The third-order valence-electron chi connectivity index (χ3n) is 5.11. The number of amides is 1. The third kappa shape index (κ3) is 3.52. The van der Waals surface area contributed by atoms with Gasteiger partial charge in [0.2, 0.25) is 0 Å². The van der Waals surface area contributed by atoms with Crippen molar-refractivity contribution >= 4 is 33.1 Å². The van der Waals surface area contributed by atoms with Crippen molar-refractivity contribution in [3.63, 3.8) is 0 Å². The lowest BCUT2D eigenvalue weighted by atomic mass is 9.98. The molecule has 4 heterocycles. The molecule has 0 saturated carbocycles. The van der Waals surface area contributed by atoms with Gasteiger partial charge in [-0.15, -0.1) is 11.3 Å². The lowest BCUT2D eigenvalue weighted by Gasteiger charge is -2.35. The summed E-state index contributed by atoms with van der Waals surface area (Å²) in [7, 11) is 1.61. The van der Waals surface area contributed by atoms with Crippen molar-refractivity contribution in [1.82, 2.24) is 20.2 Å². The molecule has 0 bridgehead atoms. The number of fused-ring (bicyclic) bond motifs is 1. The van der Waals surface area contributed by atoms with E-state index in [1.807, 2.05) is 18.3 Å². The van der Waals surface area contributed by atoms with E-state index in [0.29, 0.717) is 10.6 Å². The van der Waals surface area contributed by atoms with Gasteiger partial charge in [-0.05, 0) is 43.1 Å². The van der Waals surface area contributed by atoms with E-state index >= 15 is 0 Å². The second kappa shape index (κ2) is 7.62. The minimum Gasteiger partial charge on any atom is -0.397 e. The van der Waals surface area contributed by atoms with Gasteiger partial charge in [0, 0.05) is 31.4 Å². The maximum Gasteiger partial charge on any atom is 0.263 e. The molecule has 1 atom stereocenters. The molecular formula is C20H23N5OS. The Morgan fingerprint density at radius 3 is 3.04 bits per heavy atom. The molecular weight excluding hydrogens is 358 g/mol. The van der Waals surface area contributed by atoms with Crippen molar-refractivity contribution in [3.05, 3.63) is 52.8 Å². The zero-order valence-corrected chi connectivity index (χ0v) is 16.1. The SMILES string of the molecule is CNC(=O)c1sc2nc([C@@H]3CCCCN3Cc3cccnc3)ccc2c1N. The Morgan fingerprint density at radius 2 is 2.26 bits per heavy atom. The van der Waals surface area contributed by atoms with Gasteiger partial charge in [-0.2, -0.15) is 0 Å². The highest BCUT2D eigenvalue weighted by atomic mass is 32.1. The number of nitrogen functional groups attached to an aromatic ring is 1. The normalized spacial score (nSPS) is 17.9. The molecule has 3 aromatic heterocycles. The van der Waals surface area contributed by atoms with Crippen LogP contribution in [0.2, 0.25) is 0 Å². The molecule has 3 N–H and O–H groups in total. The van der Waals surface area contributed by atoms with E-state index in [4.69, 9.17) is 10.7 Å². The van der Waals surface area contributed by atoms with E-state index in [2.05, 4.69) is 27.3 Å². The first-order valence-corrected chi connectivity index (χ1v) is 10.0. The van der Waals surface area contributed by atoms with Crippen molar-refractivity contribution in [2.24, 2.45) is 0 Å². The predicted octanol–water partition coefficient (Wildman–Crippen LogP) is 3.36. The third-order valence-corrected chi connectivity index (χ3v) is 6.23. The van der Waals surface area contributed by atoms with Crippen LogP contribution >= 0.6 is 11.3 Å². The van der Waals surface area contributed by atoms with Crippen LogP contribution in [-0.4, -0.2) is 34.4 Å². The minimum absolute atomic E-state index is 0.159. The molecule has 7 heteroatoms. The summed E-state index contributed by atoms with van der Waals surface area (Å²) in [4.78, 5) is 25.0. The molecule has 3 aromatic rings. The number of nitrogens with two attached hydrogens (primary N) is 1. The number of likely N-dealkylation sites (tertiary alicyclic amines) is 1. The molecule has 1 saturated heterocycles. The molecule has 140 valence electrons. The molecule has 27 heavy (non-hydrogen) atoms. The number of carbonyl (C=O) groups excluding carboxylic acids is 1. The molecule has 4 rings (SSSR count). The average molecular weight is 382 g/mol. The monoisotopic (exact) mass is 381 g/mol. The van der Waals surface area contributed by atoms with E-state index in [0.717, 1.165) is 35.4 Å². The highest BCUT2D eigenvalue weighted by molar-refractivity contribution is 7.21. The van der Waals surface area contributed by atoms with E-state index < -0.39 is 0 Å². The van der Waals surface area contributed by atoms with Crippen LogP contribution in [0.5, 0.6) is 0 Å². The van der Waals surface area contributed by atoms with Gasteiger partial charge in [0.15, 0.2) is 0 Å². The van der Waals surface area contributed by atoms with Gasteiger partial charge in [0.1, 0.15) is 9.71 Å². The van der Waals surface area contributed by atoms with Gasteiger partial charge >= 0.3 is 0 Å². The number of thiophene rings is 1. The fourth-order valence-corrected chi connectivity index (χ4v) is 4.77. The highest BCUT2D eigenvalue weighted by Crippen LogP contribution is 2.36. The maximum absolute atomic E-state index is 12.0. The van der Waals surface area contributed by atoms with Gasteiger partial charge in [0.25, 0.3) is 5.91 Å². The number of rotatable bonds is 4. The molecule has 0 aliphatic carbocycles. The Balaban J connectivity index is 1.65. The fourth-order valence-electron chi connectivity index (χ4n) is 3.72. The van der Waals surface area contributed by atoms with Crippen LogP contribution < -0.4 is 11.1 Å². The highest BCUT2D eigenvalue weighted by Gasteiger charge is 2.26. The summed E-state index contributed by atoms with van der Waals surface area (Å²) in [5, 5.41) is 3.50. The van der Waals surface area contributed by atoms with E-state index in [1.165, 1.54) is 29.7 Å². The quantitative estimate of drug-likeness (QED) is 0.724. The molecule has 0 aromatic carbocycles. The number of nitrogens with zero attached hydrogens (tertiary/aromatic N) is 3. The number of piperidine rings is 1. The number of pyridine rings is 2. The number of carbonyl (C=O) groups is 1. The predicted molar refractivity (Wildman–Crippen MR) is 109 cm³/mol. The first-order valence-electron chi connectivity index (χ1n) is 9.21. The van der Waals surface area contributed by atoms with Crippen LogP contribution in [0.15, 0.2) is 36.7 Å². The van der Waals surface area contributed by atoms with Crippen LogP contribution in [0.4, 0.5) is 5.69 Å². The van der Waals surface area contributed by atoms with Crippen LogP contribution in [0.25, 0.3) is 10.2 Å². The largest absolute Gasteiger partial charge is 0.397 e. The topological polar surface area (TPSA) is 84.1 Å². The number of anilines is 1. The summed E-state index contributed by atoms with van der Waals surface area (Å²) in [6.45, 7) is 1.92. The molecule has 6 nitrogen and oxygen atoms in total. The summed E-state index contributed by atoms with van der Waals surface area (Å²) in [5.41, 5.74) is 8.95. The van der Waals surface area contributed by atoms with Crippen molar-refractivity contribution in [1.29, 1.82) is 0 Å². The fraction of sp³-hybridized carbons (Fsp3) is 0.350. The van der Waals surface area contributed by atoms with E-state index in [1.54, 1.807) is 13.2 Å². The zero-order valence-electron chi connectivity index (χ0n) is 15.3. The number of nitrogens with one attached hydrogen (secondary N) is 1. The van der Waals surface area contributed by atoms with Crippen LogP contribution in [-0.2, 0) is 6.54 Å². The summed E-state index contributed by atoms with van der Waals surface area (Å²) < 4.78 is 0. The Bertz CT molecular complexity index is 956. The standard InChI is InChI=1S/C20H23N5OS/c1-22-19(26)18-17(21)14-7-8-15(24-20(14)27-18)16-6-2-3-10-25(16)12-13-5-4-9-23-11-13/h4-5,7-9,11,16H,2-3,6,10,12,21H2,1H3,(H,22,26)/t16-/m0/s1. The summed E-state index contributed by atoms with van der Waals surface area (Å²) in [6, 6.07) is 8.44. The van der Waals surface area contributed by atoms with E-state index in [9.17, 15) is 4.79 Å². The molecule has 1 aliphatic heterocycles. The van der Waals surface area contributed by atoms with Gasteiger partial charge in [-0.25, -0.2) is 4.98 Å². The van der Waals surface area contributed by atoms with Crippen LogP contribution in [0.3, 0.4) is 0 Å². The Kier molecular flexibility index (Phi) is 5.05. The van der Waals surface area contributed by atoms with Gasteiger partial charge in [0.05, 0.1) is 17.4 Å². The smallest absolute Gasteiger partial charge is 0.263 e. The number of hydrogen-bond donors (Lipinski definition) is 2. The summed E-state index contributed by atoms with van der Waals surface area (Å²) in [6.07, 6.45) is 7.22. The molecule has 0 unspecified atom stereocenters. The minimum atomic E-state index is -0.159. The van der Waals surface area contributed by atoms with E-state index in [-0.39, 0.29) is 11.9 Å². The van der Waals surface area contributed by atoms with Crippen LogP contribution in [0, 0.1) is 0 Å². The first-order chi connectivity index (χ1) is 13.2. The number of aromatic nitrogens is 2. The molecule has 0 spiro atoms. The lowest BCUT2D eigenvalue weighted by molar-refractivity contribution is 0.0968. The van der Waals surface area contributed by atoms with Crippen molar-refractivity contribution in [2.45, 2.75) is 31.8 Å². The Hall–Kier alpha value is -2.51. The Labute approximate surface area is 162 Å². The van der Waals surface area contributed by atoms with Crippen molar-refractivity contribution in [2.75, 3.05) is 19.3 Å². The average Bonchev–Trinajstić information content (AvgIpc) is 3.04. The second-order valence-electron chi connectivity index (χ2n) is 6.86. The molecule has 1 aliphatic rings. The van der Waals surface area contributed by atoms with Crippen molar-refractivity contribution in [3.8, 4) is 0 Å². The van der Waals surface area contributed by atoms with Gasteiger partial charge in [-0.1, -0.05) is 12.5 Å². The summed E-state index contributed by atoms with van der Waals surface area (Å²) in [5.74, 6) is -0.159.